The molecule has 27 heavy (non-hydrogen) atoms. The minimum absolute atomic E-state index is 0.132. The average Bonchev–Trinajstić information content (AvgIpc) is 3.28. The molecule has 1 unspecified atom stereocenters. The standard InChI is InChI=1S/C21H25N5O/c1-14-5-3-6-16(11-14)13-26-10-4-7-17(26)12-23-21(27)19-18-8-9-22-20(18)25-15(2)24-19/h3,5-6,8-9,11,17H,4,7,10,12-13H2,1-2H3,(H,23,27)(H,22,24,25). The van der Waals surface area contributed by atoms with Crippen molar-refractivity contribution in [2.24, 2.45) is 0 Å². The molecule has 1 aromatic carbocycles. The molecule has 6 nitrogen and oxygen atoms in total. The van der Waals surface area contributed by atoms with Crippen molar-refractivity contribution >= 4 is 16.9 Å². The molecule has 1 fully saturated rings. The topological polar surface area (TPSA) is 73.9 Å². The second-order valence-corrected chi connectivity index (χ2v) is 7.32. The number of nitrogens with zero attached hydrogens (tertiary/aromatic N) is 3. The van der Waals surface area contributed by atoms with Gasteiger partial charge in [-0.25, -0.2) is 9.97 Å². The number of benzene rings is 1. The van der Waals surface area contributed by atoms with Gasteiger partial charge in [-0.3, -0.25) is 9.69 Å². The van der Waals surface area contributed by atoms with Crippen LogP contribution in [0.25, 0.3) is 11.0 Å². The number of carbonyl (C=O) groups excluding carboxylic acids is 1. The zero-order chi connectivity index (χ0) is 18.8. The first-order chi connectivity index (χ1) is 13.1. The lowest BCUT2D eigenvalue weighted by Gasteiger charge is -2.25. The molecule has 1 amide bonds. The lowest BCUT2D eigenvalue weighted by molar-refractivity contribution is 0.0936. The molecule has 0 spiro atoms. The number of amides is 1. The predicted molar refractivity (Wildman–Crippen MR) is 106 cm³/mol. The van der Waals surface area contributed by atoms with Gasteiger partial charge in [0.1, 0.15) is 17.2 Å². The molecular weight excluding hydrogens is 338 g/mol. The summed E-state index contributed by atoms with van der Waals surface area (Å²) < 4.78 is 0. The average molecular weight is 363 g/mol. The molecule has 4 rings (SSSR count). The van der Waals surface area contributed by atoms with Crippen LogP contribution >= 0.6 is 0 Å². The number of hydrogen-bond donors (Lipinski definition) is 2. The van der Waals surface area contributed by atoms with Crippen molar-refractivity contribution in [2.45, 2.75) is 39.3 Å². The van der Waals surface area contributed by atoms with Gasteiger partial charge in [0.05, 0.1) is 5.39 Å². The van der Waals surface area contributed by atoms with Gasteiger partial charge in [-0.15, -0.1) is 0 Å². The summed E-state index contributed by atoms with van der Waals surface area (Å²) >= 11 is 0. The molecule has 140 valence electrons. The molecular formula is C21H25N5O. The first kappa shape index (κ1) is 17.7. The van der Waals surface area contributed by atoms with Crippen LogP contribution in [0.5, 0.6) is 0 Å². The van der Waals surface area contributed by atoms with Crippen molar-refractivity contribution in [3.8, 4) is 0 Å². The van der Waals surface area contributed by atoms with Crippen LogP contribution in [-0.4, -0.2) is 44.9 Å². The number of carbonyl (C=O) groups is 1. The summed E-state index contributed by atoms with van der Waals surface area (Å²) in [5.41, 5.74) is 3.76. The second kappa shape index (κ2) is 7.48. The van der Waals surface area contributed by atoms with E-state index >= 15 is 0 Å². The molecule has 0 bridgehead atoms. The third-order valence-corrected chi connectivity index (χ3v) is 5.21. The molecule has 6 heteroatoms. The van der Waals surface area contributed by atoms with Crippen LogP contribution in [0, 0.1) is 13.8 Å². The Morgan fingerprint density at radius 2 is 2.19 bits per heavy atom. The van der Waals surface area contributed by atoms with Crippen LogP contribution < -0.4 is 5.32 Å². The van der Waals surface area contributed by atoms with Gasteiger partial charge in [-0.2, -0.15) is 0 Å². The van der Waals surface area contributed by atoms with E-state index < -0.39 is 0 Å². The first-order valence-corrected chi connectivity index (χ1v) is 9.49. The van der Waals surface area contributed by atoms with E-state index in [2.05, 4.69) is 56.4 Å². The van der Waals surface area contributed by atoms with Gasteiger partial charge in [0.15, 0.2) is 0 Å². The Bertz CT molecular complexity index is 964. The highest BCUT2D eigenvalue weighted by Gasteiger charge is 2.25. The highest BCUT2D eigenvalue weighted by molar-refractivity contribution is 6.03. The molecule has 3 aromatic rings. The Kier molecular flexibility index (Phi) is 4.90. The van der Waals surface area contributed by atoms with Crippen LogP contribution in [0.3, 0.4) is 0 Å². The highest BCUT2D eigenvalue weighted by atomic mass is 16.1. The maximum absolute atomic E-state index is 12.7. The van der Waals surface area contributed by atoms with Crippen molar-refractivity contribution in [1.29, 1.82) is 0 Å². The van der Waals surface area contributed by atoms with E-state index in [-0.39, 0.29) is 5.91 Å². The van der Waals surface area contributed by atoms with Gasteiger partial charge >= 0.3 is 0 Å². The van der Waals surface area contributed by atoms with Crippen molar-refractivity contribution in [2.75, 3.05) is 13.1 Å². The third kappa shape index (κ3) is 3.85. The van der Waals surface area contributed by atoms with E-state index in [0.29, 0.717) is 29.8 Å². The van der Waals surface area contributed by atoms with Crippen LogP contribution in [0.15, 0.2) is 36.5 Å². The Morgan fingerprint density at radius 1 is 1.30 bits per heavy atom. The van der Waals surface area contributed by atoms with Crippen LogP contribution in [0.4, 0.5) is 0 Å². The minimum atomic E-state index is -0.132. The Hall–Kier alpha value is -2.73. The van der Waals surface area contributed by atoms with E-state index in [9.17, 15) is 4.79 Å². The summed E-state index contributed by atoms with van der Waals surface area (Å²) in [6.07, 6.45) is 4.06. The Morgan fingerprint density at radius 3 is 3.04 bits per heavy atom. The number of aromatic amines is 1. The van der Waals surface area contributed by atoms with Gasteiger partial charge in [-0.05, 0) is 44.9 Å². The molecule has 0 radical (unpaired) electrons. The monoisotopic (exact) mass is 363 g/mol. The fraction of sp³-hybridized carbons (Fsp3) is 0.381. The fourth-order valence-corrected chi connectivity index (χ4v) is 3.90. The molecule has 2 N–H and O–H groups in total. The summed E-state index contributed by atoms with van der Waals surface area (Å²) in [6.45, 7) is 6.56. The Balaban J connectivity index is 1.42. The third-order valence-electron chi connectivity index (χ3n) is 5.21. The zero-order valence-electron chi connectivity index (χ0n) is 15.8. The lowest BCUT2D eigenvalue weighted by atomic mass is 10.1. The summed E-state index contributed by atoms with van der Waals surface area (Å²) in [5, 5.41) is 3.86. The molecule has 1 saturated heterocycles. The number of fused-ring (bicyclic) bond motifs is 1. The Labute approximate surface area is 159 Å². The molecule has 1 aliphatic heterocycles. The number of rotatable bonds is 5. The largest absolute Gasteiger partial charge is 0.349 e. The number of hydrogen-bond acceptors (Lipinski definition) is 4. The van der Waals surface area contributed by atoms with E-state index in [1.807, 2.05) is 6.07 Å². The molecule has 0 aliphatic carbocycles. The van der Waals surface area contributed by atoms with Gasteiger partial charge in [0.2, 0.25) is 0 Å². The van der Waals surface area contributed by atoms with E-state index in [0.717, 1.165) is 24.9 Å². The van der Waals surface area contributed by atoms with Crippen LogP contribution in [0.1, 0.15) is 40.3 Å². The number of likely N-dealkylation sites (tertiary alicyclic amines) is 1. The summed E-state index contributed by atoms with van der Waals surface area (Å²) in [5.74, 6) is 0.463. The van der Waals surface area contributed by atoms with Gasteiger partial charge in [0.25, 0.3) is 5.91 Å². The molecule has 1 aliphatic rings. The molecule has 3 heterocycles. The van der Waals surface area contributed by atoms with Crippen molar-refractivity contribution in [1.82, 2.24) is 25.2 Å². The van der Waals surface area contributed by atoms with E-state index in [4.69, 9.17) is 0 Å². The predicted octanol–water partition coefficient (Wildman–Crippen LogP) is 2.97. The SMILES string of the molecule is Cc1cccc(CN2CCCC2CNC(=O)c2nc(C)nc3[nH]ccc23)c1. The summed E-state index contributed by atoms with van der Waals surface area (Å²) in [4.78, 5) is 26.9. The molecule has 1 atom stereocenters. The number of nitrogens with one attached hydrogen (secondary N) is 2. The minimum Gasteiger partial charge on any atom is -0.349 e. The maximum atomic E-state index is 12.7. The first-order valence-electron chi connectivity index (χ1n) is 9.49. The number of aryl methyl sites for hydroxylation is 2. The van der Waals surface area contributed by atoms with Crippen molar-refractivity contribution in [3.05, 3.63) is 59.2 Å². The normalized spacial score (nSPS) is 17.5. The quantitative estimate of drug-likeness (QED) is 0.731. The number of H-pyrrole nitrogens is 1. The van der Waals surface area contributed by atoms with Crippen LogP contribution in [-0.2, 0) is 6.54 Å². The van der Waals surface area contributed by atoms with Gasteiger partial charge in [-0.1, -0.05) is 29.8 Å². The van der Waals surface area contributed by atoms with E-state index in [1.165, 1.54) is 17.5 Å². The molecule has 2 aromatic heterocycles. The molecule has 0 saturated carbocycles. The number of aromatic nitrogens is 3. The van der Waals surface area contributed by atoms with Gasteiger partial charge < -0.3 is 10.3 Å². The smallest absolute Gasteiger partial charge is 0.270 e. The maximum Gasteiger partial charge on any atom is 0.270 e. The lowest BCUT2D eigenvalue weighted by Crippen LogP contribution is -2.40. The van der Waals surface area contributed by atoms with Crippen LogP contribution in [0.2, 0.25) is 0 Å². The zero-order valence-corrected chi connectivity index (χ0v) is 15.8. The van der Waals surface area contributed by atoms with Crippen molar-refractivity contribution < 1.29 is 4.79 Å². The highest BCUT2D eigenvalue weighted by Crippen LogP contribution is 2.20. The van der Waals surface area contributed by atoms with Gasteiger partial charge in [0, 0.05) is 25.3 Å². The summed E-state index contributed by atoms with van der Waals surface area (Å²) in [6, 6.07) is 10.9. The van der Waals surface area contributed by atoms with E-state index in [1.54, 1.807) is 13.1 Å². The fourth-order valence-electron chi connectivity index (χ4n) is 3.90. The van der Waals surface area contributed by atoms with Crippen molar-refractivity contribution in [3.63, 3.8) is 0 Å². The second-order valence-electron chi connectivity index (χ2n) is 7.32. The summed E-state index contributed by atoms with van der Waals surface area (Å²) in [7, 11) is 0.